The van der Waals surface area contributed by atoms with Crippen molar-refractivity contribution in [1.82, 2.24) is 10.2 Å². The van der Waals surface area contributed by atoms with Gasteiger partial charge in [-0.05, 0) is 29.3 Å². The van der Waals surface area contributed by atoms with E-state index in [1.165, 1.54) is 5.56 Å². The summed E-state index contributed by atoms with van der Waals surface area (Å²) in [4.78, 5) is 13.5. The summed E-state index contributed by atoms with van der Waals surface area (Å²) in [6, 6.07) is 2.03. The van der Waals surface area contributed by atoms with Gasteiger partial charge in [-0.3, -0.25) is 4.79 Å². The molecule has 1 aromatic heterocycles. The molecule has 1 fully saturated rings. The van der Waals surface area contributed by atoms with Crippen molar-refractivity contribution in [2.75, 3.05) is 26.7 Å². The molecule has 0 aliphatic carbocycles. The lowest BCUT2D eigenvalue weighted by atomic mass is 10.0. The molecule has 2 heterocycles. The van der Waals surface area contributed by atoms with Crippen molar-refractivity contribution in [2.24, 2.45) is 0 Å². The molecule has 0 bridgehead atoms. The number of carbonyl (C=O) groups excluding carboxylic acids is 1. The molecule has 1 N–H and O–H groups in total. The van der Waals surface area contributed by atoms with E-state index >= 15 is 0 Å². The van der Waals surface area contributed by atoms with Gasteiger partial charge in [-0.1, -0.05) is 0 Å². The zero-order valence-corrected chi connectivity index (χ0v) is 11.0. The van der Waals surface area contributed by atoms with Gasteiger partial charge in [0.15, 0.2) is 0 Å². The van der Waals surface area contributed by atoms with E-state index in [1.807, 2.05) is 25.4 Å². The van der Waals surface area contributed by atoms with Crippen molar-refractivity contribution < 1.29 is 9.53 Å². The molecule has 5 heteroatoms. The van der Waals surface area contributed by atoms with Gasteiger partial charge in [-0.2, -0.15) is 11.3 Å². The molecule has 0 aromatic carbocycles. The Kier molecular flexibility index (Phi) is 3.81. The van der Waals surface area contributed by atoms with Crippen LogP contribution >= 0.6 is 11.3 Å². The summed E-state index contributed by atoms with van der Waals surface area (Å²) >= 11 is 1.65. The number of hydrogen-bond acceptors (Lipinski definition) is 4. The van der Waals surface area contributed by atoms with E-state index in [-0.39, 0.29) is 18.1 Å². The number of nitrogens with zero attached hydrogens (tertiary/aromatic N) is 1. The van der Waals surface area contributed by atoms with Crippen LogP contribution in [0.3, 0.4) is 0 Å². The van der Waals surface area contributed by atoms with Gasteiger partial charge in [0.05, 0.1) is 5.60 Å². The fourth-order valence-corrected chi connectivity index (χ4v) is 2.33. The average molecular weight is 254 g/mol. The van der Waals surface area contributed by atoms with E-state index < -0.39 is 0 Å². The van der Waals surface area contributed by atoms with E-state index in [1.54, 1.807) is 16.2 Å². The average Bonchev–Trinajstić information content (AvgIpc) is 2.75. The van der Waals surface area contributed by atoms with Gasteiger partial charge in [-0.25, -0.2) is 0 Å². The second-order valence-electron chi connectivity index (χ2n) is 4.72. The lowest BCUT2D eigenvalue weighted by molar-refractivity contribution is -0.145. The standard InChI is InChI=1S/C12H18N2O2S/c1-12(8-13-9-12)16-6-11(15)14(2)5-10-3-4-17-7-10/h3-4,7,13H,5-6,8-9H2,1-2H3. The first kappa shape index (κ1) is 12.5. The zero-order chi connectivity index (χ0) is 12.3. The fourth-order valence-electron chi connectivity index (χ4n) is 1.67. The summed E-state index contributed by atoms with van der Waals surface area (Å²) in [7, 11) is 1.81. The highest BCUT2D eigenvalue weighted by atomic mass is 32.1. The van der Waals surface area contributed by atoms with Gasteiger partial charge in [-0.15, -0.1) is 0 Å². The van der Waals surface area contributed by atoms with Crippen LogP contribution in [-0.2, 0) is 16.1 Å². The Bertz CT molecular complexity index is 374. The van der Waals surface area contributed by atoms with Crippen molar-refractivity contribution in [3.63, 3.8) is 0 Å². The van der Waals surface area contributed by atoms with Crippen LogP contribution in [0.2, 0.25) is 0 Å². The quantitative estimate of drug-likeness (QED) is 0.855. The maximum absolute atomic E-state index is 11.8. The molecule has 0 atom stereocenters. The first-order valence-electron chi connectivity index (χ1n) is 5.69. The minimum absolute atomic E-state index is 0.0318. The molecule has 0 spiro atoms. The molecular weight excluding hydrogens is 236 g/mol. The van der Waals surface area contributed by atoms with Crippen molar-refractivity contribution >= 4 is 17.2 Å². The summed E-state index contributed by atoms with van der Waals surface area (Å²) in [6.45, 7) is 4.50. The molecule has 1 aliphatic rings. The van der Waals surface area contributed by atoms with Crippen molar-refractivity contribution in [2.45, 2.75) is 19.1 Å². The Labute approximate surface area is 106 Å². The normalized spacial score (nSPS) is 17.5. The Balaban J connectivity index is 1.75. The summed E-state index contributed by atoms with van der Waals surface area (Å²) in [5.74, 6) is 0.0318. The zero-order valence-electron chi connectivity index (χ0n) is 10.2. The lowest BCUT2D eigenvalue weighted by Gasteiger charge is -2.39. The number of carbonyl (C=O) groups is 1. The second-order valence-corrected chi connectivity index (χ2v) is 5.50. The molecule has 1 aromatic rings. The van der Waals surface area contributed by atoms with Crippen LogP contribution in [-0.4, -0.2) is 43.2 Å². The van der Waals surface area contributed by atoms with Crippen molar-refractivity contribution in [3.05, 3.63) is 22.4 Å². The van der Waals surface area contributed by atoms with Crippen molar-refractivity contribution in [1.29, 1.82) is 0 Å². The fraction of sp³-hybridized carbons (Fsp3) is 0.583. The maximum Gasteiger partial charge on any atom is 0.248 e. The molecule has 0 saturated carbocycles. The number of nitrogens with one attached hydrogen (secondary N) is 1. The van der Waals surface area contributed by atoms with Gasteiger partial charge in [0, 0.05) is 26.7 Å². The molecule has 1 amide bonds. The van der Waals surface area contributed by atoms with E-state index in [2.05, 4.69) is 10.7 Å². The summed E-state index contributed by atoms with van der Waals surface area (Å²) in [5.41, 5.74) is 1.01. The topological polar surface area (TPSA) is 41.6 Å². The molecule has 0 radical (unpaired) electrons. The van der Waals surface area contributed by atoms with Gasteiger partial charge < -0.3 is 15.0 Å². The number of hydrogen-bond donors (Lipinski definition) is 1. The predicted molar refractivity (Wildman–Crippen MR) is 68.0 cm³/mol. The Morgan fingerprint density at radius 2 is 2.41 bits per heavy atom. The van der Waals surface area contributed by atoms with Crippen LogP contribution in [0.1, 0.15) is 12.5 Å². The molecule has 1 saturated heterocycles. The van der Waals surface area contributed by atoms with Crippen LogP contribution in [0.4, 0.5) is 0 Å². The largest absolute Gasteiger partial charge is 0.363 e. The highest BCUT2D eigenvalue weighted by molar-refractivity contribution is 7.07. The number of ether oxygens (including phenoxy) is 1. The van der Waals surface area contributed by atoms with Crippen LogP contribution in [0.25, 0.3) is 0 Å². The molecular formula is C12H18N2O2S. The number of amides is 1. The highest BCUT2D eigenvalue weighted by Crippen LogP contribution is 2.15. The third-order valence-electron chi connectivity index (χ3n) is 2.97. The summed E-state index contributed by atoms with van der Waals surface area (Å²) in [5, 5.41) is 7.22. The van der Waals surface area contributed by atoms with E-state index in [0.29, 0.717) is 6.54 Å². The number of rotatable bonds is 5. The Morgan fingerprint density at radius 3 is 2.94 bits per heavy atom. The lowest BCUT2D eigenvalue weighted by Crippen LogP contribution is -2.59. The van der Waals surface area contributed by atoms with E-state index in [0.717, 1.165) is 13.1 Å². The van der Waals surface area contributed by atoms with Crippen LogP contribution < -0.4 is 5.32 Å². The van der Waals surface area contributed by atoms with Crippen molar-refractivity contribution in [3.8, 4) is 0 Å². The van der Waals surface area contributed by atoms with Gasteiger partial charge in [0.2, 0.25) is 5.91 Å². The van der Waals surface area contributed by atoms with Crippen LogP contribution in [0, 0.1) is 0 Å². The molecule has 1 aliphatic heterocycles. The number of thiophene rings is 1. The summed E-state index contributed by atoms with van der Waals surface area (Å²) in [6.07, 6.45) is 0. The minimum Gasteiger partial charge on any atom is -0.363 e. The Morgan fingerprint density at radius 1 is 1.65 bits per heavy atom. The molecule has 94 valence electrons. The van der Waals surface area contributed by atoms with Gasteiger partial charge >= 0.3 is 0 Å². The minimum atomic E-state index is -0.154. The van der Waals surface area contributed by atoms with Gasteiger partial charge in [0.25, 0.3) is 0 Å². The number of likely N-dealkylation sites (N-methyl/N-ethyl adjacent to an activating group) is 1. The predicted octanol–water partition coefficient (Wildman–Crippen LogP) is 1.09. The van der Waals surface area contributed by atoms with E-state index in [4.69, 9.17) is 4.74 Å². The first-order chi connectivity index (χ1) is 8.09. The SMILES string of the molecule is CN(Cc1ccsc1)C(=O)COC1(C)CNC1. The monoisotopic (exact) mass is 254 g/mol. The van der Waals surface area contributed by atoms with E-state index in [9.17, 15) is 4.79 Å². The Hall–Kier alpha value is -0.910. The maximum atomic E-state index is 11.8. The third kappa shape index (κ3) is 3.28. The second kappa shape index (κ2) is 5.16. The third-order valence-corrected chi connectivity index (χ3v) is 3.70. The van der Waals surface area contributed by atoms with Crippen LogP contribution in [0.15, 0.2) is 16.8 Å². The first-order valence-corrected chi connectivity index (χ1v) is 6.63. The molecule has 17 heavy (non-hydrogen) atoms. The summed E-state index contributed by atoms with van der Waals surface area (Å²) < 4.78 is 5.62. The smallest absolute Gasteiger partial charge is 0.248 e. The molecule has 4 nitrogen and oxygen atoms in total. The highest BCUT2D eigenvalue weighted by Gasteiger charge is 2.33. The molecule has 2 rings (SSSR count). The molecule has 0 unspecified atom stereocenters. The van der Waals surface area contributed by atoms with Crippen LogP contribution in [0.5, 0.6) is 0 Å². The van der Waals surface area contributed by atoms with Gasteiger partial charge in [0.1, 0.15) is 6.61 Å².